The van der Waals surface area contributed by atoms with Crippen LogP contribution < -0.4 is 0 Å². The second-order valence-electron chi connectivity index (χ2n) is 5.62. The monoisotopic (exact) mass is 352 g/mol. The second kappa shape index (κ2) is 7.15. The maximum atomic E-state index is 12.4. The van der Waals surface area contributed by atoms with Gasteiger partial charge in [-0.1, -0.05) is 43.0 Å². The molecule has 0 amide bonds. The predicted octanol–water partition coefficient (Wildman–Crippen LogP) is 4.69. The number of rotatable bonds is 5. The highest BCUT2D eigenvalue weighted by Gasteiger charge is 2.29. The summed E-state index contributed by atoms with van der Waals surface area (Å²) in [5, 5.41) is 4.59. The van der Waals surface area contributed by atoms with Crippen molar-refractivity contribution in [1.82, 2.24) is 9.78 Å². The fourth-order valence-corrected chi connectivity index (χ4v) is 3.84. The van der Waals surface area contributed by atoms with Crippen molar-refractivity contribution >= 4 is 23.3 Å². The average molecular weight is 352 g/mol. The molecule has 0 atom stereocenters. The van der Waals surface area contributed by atoms with Gasteiger partial charge in [0.05, 0.1) is 18.0 Å². The number of nitrogens with zero attached hydrogens (tertiary/aromatic N) is 2. The third-order valence-electron chi connectivity index (χ3n) is 4.01. The number of carbonyl (C=O) groups is 1. The molecule has 2 heterocycles. The van der Waals surface area contributed by atoms with E-state index >= 15 is 0 Å². The van der Waals surface area contributed by atoms with Crippen molar-refractivity contribution in [2.75, 3.05) is 6.61 Å². The van der Waals surface area contributed by atoms with Gasteiger partial charge in [-0.05, 0) is 26.0 Å². The zero-order valence-electron chi connectivity index (χ0n) is 14.4. The van der Waals surface area contributed by atoms with Crippen LogP contribution in [0.4, 0.5) is 0 Å². The van der Waals surface area contributed by atoms with Gasteiger partial charge in [-0.25, -0.2) is 9.48 Å². The Kier molecular flexibility index (Phi) is 4.95. The van der Waals surface area contributed by atoms with Gasteiger partial charge in [0.2, 0.25) is 0 Å². The van der Waals surface area contributed by atoms with Gasteiger partial charge in [0, 0.05) is 21.8 Å². The van der Waals surface area contributed by atoms with Crippen molar-refractivity contribution < 1.29 is 9.53 Å². The molecule has 1 aromatic carbocycles. The van der Waals surface area contributed by atoms with E-state index in [0.29, 0.717) is 18.1 Å². The highest BCUT2D eigenvalue weighted by molar-refractivity contribution is 8.02. The molecule has 0 saturated heterocycles. The molecule has 0 N–H and O–H groups in total. The summed E-state index contributed by atoms with van der Waals surface area (Å²) in [7, 11) is 0. The second-order valence-corrected chi connectivity index (χ2v) is 6.64. The molecule has 0 spiro atoms. The van der Waals surface area contributed by atoms with E-state index in [1.165, 1.54) is 0 Å². The number of fused-ring (bicyclic) bond motifs is 1. The van der Waals surface area contributed by atoms with E-state index in [4.69, 9.17) is 4.74 Å². The Balaban J connectivity index is 2.27. The molecule has 0 bridgehead atoms. The Bertz CT molecular complexity index is 876. The molecule has 2 aromatic rings. The first-order chi connectivity index (χ1) is 12.1. The van der Waals surface area contributed by atoms with E-state index in [9.17, 15) is 4.79 Å². The molecule has 1 aliphatic rings. The van der Waals surface area contributed by atoms with Crippen LogP contribution in [0.2, 0.25) is 0 Å². The SMILES string of the molecule is C=CC1=C(C=C)c2c(c(C(=O)OCC)nn2-c2ccc(C)cc2)CS1. The summed E-state index contributed by atoms with van der Waals surface area (Å²) in [5.41, 5.74) is 5.13. The molecular weight excluding hydrogens is 332 g/mol. The number of allylic oxidation sites excluding steroid dienone is 3. The van der Waals surface area contributed by atoms with Gasteiger partial charge in [0.1, 0.15) is 0 Å². The van der Waals surface area contributed by atoms with E-state index in [1.54, 1.807) is 29.4 Å². The summed E-state index contributed by atoms with van der Waals surface area (Å²) < 4.78 is 7.01. The van der Waals surface area contributed by atoms with Gasteiger partial charge in [0.25, 0.3) is 0 Å². The smallest absolute Gasteiger partial charge is 0.359 e. The molecule has 25 heavy (non-hydrogen) atoms. The molecule has 0 saturated carbocycles. The van der Waals surface area contributed by atoms with Crippen molar-refractivity contribution in [3.8, 4) is 5.69 Å². The van der Waals surface area contributed by atoms with E-state index in [1.807, 2.05) is 37.3 Å². The third kappa shape index (κ3) is 3.07. The lowest BCUT2D eigenvalue weighted by Crippen LogP contribution is -2.09. The Hall–Kier alpha value is -2.53. The summed E-state index contributed by atoms with van der Waals surface area (Å²) in [4.78, 5) is 13.4. The predicted molar refractivity (Wildman–Crippen MR) is 103 cm³/mol. The van der Waals surface area contributed by atoms with Crippen molar-refractivity contribution in [3.05, 3.63) is 77.0 Å². The fraction of sp³-hybridized carbons (Fsp3) is 0.200. The minimum absolute atomic E-state index is 0.320. The standard InChI is InChI=1S/C20H20N2O2S/c1-5-15-17(6-2)25-12-16-18(20(23)24-7-3)21-22(19(15)16)14-10-8-13(4)9-11-14/h5-6,8-11H,1-2,7,12H2,3-4H3. The van der Waals surface area contributed by atoms with Gasteiger partial charge in [-0.15, -0.1) is 11.8 Å². The number of aromatic nitrogens is 2. The Morgan fingerprint density at radius 2 is 2.04 bits per heavy atom. The van der Waals surface area contributed by atoms with Gasteiger partial charge >= 0.3 is 5.97 Å². The maximum Gasteiger partial charge on any atom is 0.359 e. The molecule has 0 unspecified atom stereocenters. The molecule has 5 heteroatoms. The lowest BCUT2D eigenvalue weighted by Gasteiger charge is -2.18. The zero-order valence-corrected chi connectivity index (χ0v) is 15.2. The van der Waals surface area contributed by atoms with Crippen LogP contribution in [0.5, 0.6) is 0 Å². The molecule has 1 aromatic heterocycles. The first-order valence-corrected chi connectivity index (χ1v) is 9.07. The van der Waals surface area contributed by atoms with Gasteiger partial charge in [-0.3, -0.25) is 0 Å². The van der Waals surface area contributed by atoms with Crippen LogP contribution >= 0.6 is 11.8 Å². The lowest BCUT2D eigenvalue weighted by molar-refractivity contribution is 0.0518. The van der Waals surface area contributed by atoms with Crippen LogP contribution in [0.15, 0.2) is 54.5 Å². The minimum atomic E-state index is -0.393. The quantitative estimate of drug-likeness (QED) is 0.733. The van der Waals surface area contributed by atoms with Gasteiger partial charge in [0.15, 0.2) is 5.69 Å². The van der Waals surface area contributed by atoms with E-state index in [0.717, 1.165) is 33.0 Å². The Morgan fingerprint density at radius 1 is 1.32 bits per heavy atom. The lowest BCUT2D eigenvalue weighted by atomic mass is 10.1. The fourth-order valence-electron chi connectivity index (χ4n) is 2.81. The number of benzene rings is 1. The van der Waals surface area contributed by atoms with Gasteiger partial charge < -0.3 is 4.74 Å². The topological polar surface area (TPSA) is 44.1 Å². The normalized spacial score (nSPS) is 13.4. The van der Waals surface area contributed by atoms with E-state index < -0.39 is 5.97 Å². The van der Waals surface area contributed by atoms with Crippen LogP contribution in [0.3, 0.4) is 0 Å². The third-order valence-corrected chi connectivity index (χ3v) is 5.14. The first kappa shape index (κ1) is 17.3. The number of aryl methyl sites for hydroxylation is 1. The van der Waals surface area contributed by atoms with Crippen LogP contribution in [-0.2, 0) is 10.5 Å². The highest BCUT2D eigenvalue weighted by Crippen LogP contribution is 2.41. The molecule has 128 valence electrons. The minimum Gasteiger partial charge on any atom is -0.461 e. The molecule has 0 radical (unpaired) electrons. The van der Waals surface area contributed by atoms with Crippen molar-refractivity contribution in [2.24, 2.45) is 0 Å². The maximum absolute atomic E-state index is 12.4. The van der Waals surface area contributed by atoms with Crippen LogP contribution in [-0.4, -0.2) is 22.4 Å². The number of esters is 1. The molecule has 0 fully saturated rings. The number of hydrogen-bond donors (Lipinski definition) is 0. The van der Waals surface area contributed by atoms with Crippen LogP contribution in [0.25, 0.3) is 11.3 Å². The average Bonchev–Trinajstić information content (AvgIpc) is 3.01. The highest BCUT2D eigenvalue weighted by atomic mass is 32.2. The molecule has 1 aliphatic heterocycles. The van der Waals surface area contributed by atoms with Crippen LogP contribution in [0.1, 0.15) is 34.2 Å². The zero-order chi connectivity index (χ0) is 18.0. The first-order valence-electron chi connectivity index (χ1n) is 8.09. The summed E-state index contributed by atoms with van der Waals surface area (Å²) in [6, 6.07) is 8.04. The molecule has 3 rings (SSSR count). The number of carbonyl (C=O) groups excluding carboxylic acids is 1. The Morgan fingerprint density at radius 3 is 2.64 bits per heavy atom. The summed E-state index contributed by atoms with van der Waals surface area (Å²) in [6.45, 7) is 12.0. The Labute approximate surface area is 151 Å². The number of hydrogen-bond acceptors (Lipinski definition) is 4. The van der Waals surface area contributed by atoms with Crippen LogP contribution in [0, 0.1) is 6.92 Å². The number of thioether (sulfide) groups is 1. The van der Waals surface area contributed by atoms with E-state index in [-0.39, 0.29) is 0 Å². The van der Waals surface area contributed by atoms with Crippen molar-refractivity contribution in [2.45, 2.75) is 19.6 Å². The summed E-state index contributed by atoms with van der Waals surface area (Å²) >= 11 is 1.63. The summed E-state index contributed by atoms with van der Waals surface area (Å²) in [5.74, 6) is 0.254. The molecule has 4 nitrogen and oxygen atoms in total. The van der Waals surface area contributed by atoms with Crippen molar-refractivity contribution in [3.63, 3.8) is 0 Å². The largest absolute Gasteiger partial charge is 0.461 e. The number of ether oxygens (including phenoxy) is 1. The summed E-state index contributed by atoms with van der Waals surface area (Å²) in [6.07, 6.45) is 3.62. The molecular formula is C20H20N2O2S. The van der Waals surface area contributed by atoms with E-state index in [2.05, 4.69) is 18.3 Å². The molecule has 0 aliphatic carbocycles. The van der Waals surface area contributed by atoms with Gasteiger partial charge in [-0.2, -0.15) is 5.10 Å². The van der Waals surface area contributed by atoms with Crippen molar-refractivity contribution in [1.29, 1.82) is 0 Å².